The third-order valence-corrected chi connectivity index (χ3v) is 4.22. The van der Waals surface area contributed by atoms with Crippen LogP contribution >= 0.6 is 15.9 Å². The number of nitrogens with zero attached hydrogens (tertiary/aromatic N) is 1. The third-order valence-electron chi connectivity index (χ3n) is 3.45. The average Bonchev–Trinajstić information content (AvgIpc) is 2.94. The molecule has 1 aromatic heterocycles. The topological polar surface area (TPSA) is 28.4 Å². The van der Waals surface area contributed by atoms with E-state index in [0.717, 1.165) is 25.4 Å². The number of hydrogen-bond acceptors (Lipinski definition) is 3. The van der Waals surface area contributed by atoms with Crippen molar-refractivity contribution >= 4 is 15.9 Å². The molecule has 0 spiro atoms. The van der Waals surface area contributed by atoms with E-state index in [1.807, 2.05) is 18.2 Å². The molecule has 1 N–H and O–H groups in total. The zero-order valence-electron chi connectivity index (χ0n) is 12.0. The average molecular weight is 337 g/mol. The quantitative estimate of drug-likeness (QED) is 0.836. The van der Waals surface area contributed by atoms with Crippen molar-refractivity contribution in [3.63, 3.8) is 0 Å². The van der Waals surface area contributed by atoms with Gasteiger partial charge in [-0.05, 0) is 37.7 Å². The van der Waals surface area contributed by atoms with E-state index in [1.54, 1.807) is 6.26 Å². The van der Waals surface area contributed by atoms with Crippen LogP contribution in [0.1, 0.15) is 18.2 Å². The van der Waals surface area contributed by atoms with Gasteiger partial charge in [0.2, 0.25) is 0 Å². The molecule has 0 saturated carbocycles. The second kappa shape index (κ2) is 7.62. The molecular weight excluding hydrogens is 316 g/mol. The van der Waals surface area contributed by atoms with Gasteiger partial charge in [-0.15, -0.1) is 0 Å². The Hall–Kier alpha value is -1.10. The summed E-state index contributed by atoms with van der Waals surface area (Å²) in [5.41, 5.74) is 1.31. The molecule has 3 nitrogen and oxygen atoms in total. The lowest BCUT2D eigenvalue weighted by atomic mass is 10.2. The molecule has 1 atom stereocenters. The lowest BCUT2D eigenvalue weighted by Crippen LogP contribution is -2.37. The summed E-state index contributed by atoms with van der Waals surface area (Å²) >= 11 is 3.60. The molecule has 4 heteroatoms. The Balaban J connectivity index is 1.77. The van der Waals surface area contributed by atoms with Crippen molar-refractivity contribution in [2.45, 2.75) is 26.1 Å². The molecule has 1 unspecified atom stereocenters. The van der Waals surface area contributed by atoms with Crippen molar-refractivity contribution < 1.29 is 4.42 Å². The first kappa shape index (κ1) is 15.3. The summed E-state index contributed by atoms with van der Waals surface area (Å²) in [5, 5.41) is 3.42. The van der Waals surface area contributed by atoms with Crippen LogP contribution in [0.2, 0.25) is 0 Å². The Labute approximate surface area is 129 Å². The molecule has 0 aliphatic heterocycles. The molecule has 0 amide bonds. The second-order valence-electron chi connectivity index (χ2n) is 5.07. The molecule has 0 aliphatic carbocycles. The van der Waals surface area contributed by atoms with Gasteiger partial charge in [-0.1, -0.05) is 34.1 Å². The third kappa shape index (κ3) is 4.47. The van der Waals surface area contributed by atoms with Crippen LogP contribution in [-0.2, 0) is 13.1 Å². The molecule has 0 radical (unpaired) electrons. The first-order valence-electron chi connectivity index (χ1n) is 6.83. The van der Waals surface area contributed by atoms with E-state index in [4.69, 9.17) is 4.42 Å². The van der Waals surface area contributed by atoms with Gasteiger partial charge in [-0.3, -0.25) is 4.90 Å². The van der Waals surface area contributed by atoms with Crippen LogP contribution < -0.4 is 5.32 Å². The van der Waals surface area contributed by atoms with Crippen molar-refractivity contribution in [1.82, 2.24) is 10.2 Å². The maximum absolute atomic E-state index is 5.30. The smallest absolute Gasteiger partial charge is 0.117 e. The molecule has 108 valence electrons. The van der Waals surface area contributed by atoms with Gasteiger partial charge in [0.1, 0.15) is 5.76 Å². The van der Waals surface area contributed by atoms with Crippen molar-refractivity contribution in [1.29, 1.82) is 0 Å². The number of hydrogen-bond donors (Lipinski definition) is 1. The van der Waals surface area contributed by atoms with Gasteiger partial charge < -0.3 is 9.73 Å². The summed E-state index contributed by atoms with van der Waals surface area (Å²) in [6.07, 6.45) is 1.71. The molecule has 0 bridgehead atoms. The summed E-state index contributed by atoms with van der Waals surface area (Å²) in [6, 6.07) is 12.7. The van der Waals surface area contributed by atoms with Crippen molar-refractivity contribution in [2.24, 2.45) is 0 Å². The van der Waals surface area contributed by atoms with E-state index in [1.165, 1.54) is 10.0 Å². The van der Waals surface area contributed by atoms with Gasteiger partial charge in [-0.25, -0.2) is 0 Å². The molecule has 1 heterocycles. The van der Waals surface area contributed by atoms with Gasteiger partial charge in [0.05, 0.1) is 12.8 Å². The summed E-state index contributed by atoms with van der Waals surface area (Å²) in [5.74, 6) is 0.977. The van der Waals surface area contributed by atoms with Crippen LogP contribution in [-0.4, -0.2) is 24.5 Å². The Morgan fingerprint density at radius 2 is 2.05 bits per heavy atom. The van der Waals surface area contributed by atoms with Crippen LogP contribution in [0.3, 0.4) is 0 Å². The fourth-order valence-electron chi connectivity index (χ4n) is 2.02. The number of halogens is 1. The summed E-state index contributed by atoms with van der Waals surface area (Å²) < 4.78 is 6.47. The molecule has 20 heavy (non-hydrogen) atoms. The first-order chi connectivity index (χ1) is 9.66. The SMILES string of the molecule is CC(CNCc1ccco1)N(C)Cc1ccccc1Br. The first-order valence-corrected chi connectivity index (χ1v) is 7.63. The van der Waals surface area contributed by atoms with Crippen LogP contribution in [0.25, 0.3) is 0 Å². The highest BCUT2D eigenvalue weighted by Gasteiger charge is 2.10. The number of benzene rings is 1. The highest BCUT2D eigenvalue weighted by Crippen LogP contribution is 2.18. The number of nitrogens with one attached hydrogen (secondary N) is 1. The summed E-state index contributed by atoms with van der Waals surface area (Å²) in [4.78, 5) is 2.34. The van der Waals surface area contributed by atoms with Crippen LogP contribution in [0.15, 0.2) is 51.6 Å². The Morgan fingerprint density at radius 1 is 1.25 bits per heavy atom. The van der Waals surface area contributed by atoms with Crippen LogP contribution in [0, 0.1) is 0 Å². The van der Waals surface area contributed by atoms with E-state index in [9.17, 15) is 0 Å². The molecule has 1 aromatic carbocycles. The van der Waals surface area contributed by atoms with E-state index >= 15 is 0 Å². The highest BCUT2D eigenvalue weighted by molar-refractivity contribution is 9.10. The molecular formula is C16H21BrN2O. The largest absolute Gasteiger partial charge is 0.468 e. The summed E-state index contributed by atoms with van der Waals surface area (Å²) in [6.45, 7) is 4.87. The fraction of sp³-hybridized carbons (Fsp3) is 0.375. The monoisotopic (exact) mass is 336 g/mol. The second-order valence-corrected chi connectivity index (χ2v) is 5.92. The lowest BCUT2D eigenvalue weighted by Gasteiger charge is -2.25. The predicted molar refractivity (Wildman–Crippen MR) is 85.5 cm³/mol. The van der Waals surface area contributed by atoms with Gasteiger partial charge >= 0.3 is 0 Å². The Kier molecular flexibility index (Phi) is 5.83. The Bertz CT molecular complexity index is 513. The van der Waals surface area contributed by atoms with Crippen molar-refractivity contribution in [2.75, 3.05) is 13.6 Å². The van der Waals surface area contributed by atoms with Gasteiger partial charge in [0.15, 0.2) is 0 Å². The van der Waals surface area contributed by atoms with E-state index in [2.05, 4.69) is 58.3 Å². The Morgan fingerprint density at radius 3 is 2.75 bits per heavy atom. The van der Waals surface area contributed by atoms with E-state index in [0.29, 0.717) is 6.04 Å². The van der Waals surface area contributed by atoms with Gasteiger partial charge in [0.25, 0.3) is 0 Å². The van der Waals surface area contributed by atoms with Crippen LogP contribution in [0.4, 0.5) is 0 Å². The zero-order valence-corrected chi connectivity index (χ0v) is 13.6. The molecule has 0 fully saturated rings. The number of likely N-dealkylation sites (N-methyl/N-ethyl adjacent to an activating group) is 1. The minimum absolute atomic E-state index is 0.456. The maximum Gasteiger partial charge on any atom is 0.117 e. The van der Waals surface area contributed by atoms with Crippen molar-refractivity contribution in [3.05, 3.63) is 58.5 Å². The predicted octanol–water partition coefficient (Wildman–Crippen LogP) is 3.65. The van der Waals surface area contributed by atoms with Gasteiger partial charge in [0, 0.05) is 23.6 Å². The number of rotatable bonds is 7. The fourth-order valence-corrected chi connectivity index (χ4v) is 2.43. The van der Waals surface area contributed by atoms with Gasteiger partial charge in [-0.2, -0.15) is 0 Å². The maximum atomic E-state index is 5.30. The van der Waals surface area contributed by atoms with E-state index in [-0.39, 0.29) is 0 Å². The molecule has 0 aliphatic rings. The molecule has 0 saturated heterocycles. The van der Waals surface area contributed by atoms with Crippen molar-refractivity contribution in [3.8, 4) is 0 Å². The van der Waals surface area contributed by atoms with Crippen LogP contribution in [0.5, 0.6) is 0 Å². The summed E-state index contributed by atoms with van der Waals surface area (Å²) in [7, 11) is 2.15. The number of furan rings is 1. The van der Waals surface area contributed by atoms with E-state index < -0.39 is 0 Å². The lowest BCUT2D eigenvalue weighted by molar-refractivity contribution is 0.240. The normalized spacial score (nSPS) is 12.8. The minimum Gasteiger partial charge on any atom is -0.468 e. The molecule has 2 rings (SSSR count). The zero-order chi connectivity index (χ0) is 14.4. The molecule has 2 aromatic rings. The highest BCUT2D eigenvalue weighted by atomic mass is 79.9. The standard InChI is InChI=1S/C16H21BrN2O/c1-13(10-18-11-15-7-5-9-20-15)19(2)12-14-6-3-4-8-16(14)17/h3-9,13,18H,10-12H2,1-2H3. The minimum atomic E-state index is 0.456.